The molecular formula is C67H114N10O30. The molecule has 4 aliphatic heterocycles. The van der Waals surface area contributed by atoms with E-state index in [0.29, 0.717) is 45.1 Å². The molecule has 612 valence electrons. The van der Waals surface area contributed by atoms with Gasteiger partial charge in [0.05, 0.1) is 90.1 Å². The van der Waals surface area contributed by atoms with Crippen LogP contribution in [0.25, 0.3) is 0 Å². The molecule has 1 aromatic rings. The fourth-order valence-electron chi connectivity index (χ4n) is 11.6. The molecule has 1 aromatic carbocycles. The number of hydrogen-bond acceptors (Lipinski definition) is 32. The van der Waals surface area contributed by atoms with E-state index < -0.39 is 203 Å². The third-order valence-corrected chi connectivity index (χ3v) is 17.9. The summed E-state index contributed by atoms with van der Waals surface area (Å²) in [5.41, 5.74) is 0.831. The van der Waals surface area contributed by atoms with Crippen LogP contribution in [0, 0.1) is 0 Å². The van der Waals surface area contributed by atoms with Crippen LogP contribution in [-0.2, 0) is 82.8 Å². The molecule has 40 heteroatoms. The highest BCUT2D eigenvalue weighted by Gasteiger charge is 2.46. The molecule has 4 heterocycles. The number of amides is 8. The number of rotatable bonds is 48. The minimum Gasteiger partial charge on any atom is -0.445 e. The molecule has 0 saturated carbocycles. The maximum atomic E-state index is 14.4. The Kier molecular flexibility index (Phi) is 42.0. The summed E-state index contributed by atoms with van der Waals surface area (Å²) in [5.74, 6) is -4.15. The van der Waals surface area contributed by atoms with E-state index in [1.54, 1.807) is 0 Å². The molecule has 4 aliphatic rings. The van der Waals surface area contributed by atoms with Crippen molar-refractivity contribution in [2.45, 2.75) is 220 Å². The molecular weight excluding hydrogens is 1420 g/mol. The van der Waals surface area contributed by atoms with Gasteiger partial charge in [0.15, 0.2) is 25.2 Å². The van der Waals surface area contributed by atoms with Gasteiger partial charge in [-0.1, -0.05) is 36.8 Å². The number of carbonyl (C=O) groups excluding carboxylic acids is 8. The van der Waals surface area contributed by atoms with Gasteiger partial charge in [-0.05, 0) is 77.7 Å². The van der Waals surface area contributed by atoms with Crippen molar-refractivity contribution < 1.29 is 147 Å². The summed E-state index contributed by atoms with van der Waals surface area (Å²) in [4.78, 5) is 110. The van der Waals surface area contributed by atoms with Gasteiger partial charge in [-0.15, -0.1) is 0 Å². The number of nitrogens with zero attached hydrogens (tertiary/aromatic N) is 2. The predicted molar refractivity (Wildman–Crippen MR) is 368 cm³/mol. The summed E-state index contributed by atoms with van der Waals surface area (Å²) in [6.45, 7) is 0.401. The number of aliphatic hydroxyl groups excluding tert-OH is 13. The molecule has 40 nitrogen and oxygen atoms in total. The van der Waals surface area contributed by atoms with Crippen LogP contribution < -0.4 is 42.5 Å². The number of benzene rings is 1. The molecule has 8 amide bonds. The lowest BCUT2D eigenvalue weighted by Gasteiger charge is -2.39. The summed E-state index contributed by atoms with van der Waals surface area (Å²) in [5, 5.41) is 154. The highest BCUT2D eigenvalue weighted by atomic mass is 16.7. The largest absolute Gasteiger partial charge is 0.445 e. The molecule has 5 rings (SSSR count). The van der Waals surface area contributed by atoms with E-state index in [4.69, 9.17) is 42.6 Å². The van der Waals surface area contributed by atoms with Gasteiger partial charge in [0.2, 0.25) is 41.4 Å². The van der Waals surface area contributed by atoms with Crippen LogP contribution >= 0.6 is 0 Å². The topological polar surface area (TPSA) is 585 Å². The van der Waals surface area contributed by atoms with Gasteiger partial charge < -0.3 is 152 Å². The SMILES string of the molecule is C[C@@H]1O[C@@H](OCCNC(=O)CN(CC(=O)NCCO[C@@H]2O[C@@H](C)[C@@H](O)[C@@H](O)[C@@H]2O)[C@@H](CCCCNC(=O)CN(CC(=O)NCCCCCNC(=O)OCc2ccccc2)CC(=O)NCCCCCC(=O)NCCO[C@@H]2O[C@@H](CO)[C@H](O)[C@@H](O)[C@H]2O)C(=O)NCCO[C@@H]2O[C@@H](C)[C@@H](O)[C@@H](O)[C@@H]2O)[C@@H](O)[C@H](O)[C@@H]1O. The first-order valence-corrected chi connectivity index (χ1v) is 36.2. The van der Waals surface area contributed by atoms with Crippen LogP contribution in [-0.4, -0.2) is 371 Å². The summed E-state index contributed by atoms with van der Waals surface area (Å²) in [6, 6.07) is 7.85. The van der Waals surface area contributed by atoms with Crippen LogP contribution in [0.5, 0.6) is 0 Å². The fraction of sp³-hybridized carbons (Fsp3) is 0.791. The highest BCUT2D eigenvalue weighted by Crippen LogP contribution is 2.26. The van der Waals surface area contributed by atoms with E-state index >= 15 is 0 Å². The third-order valence-electron chi connectivity index (χ3n) is 17.9. The quantitative estimate of drug-likeness (QED) is 0.0269. The first kappa shape index (κ1) is 91.5. The smallest absolute Gasteiger partial charge is 0.407 e. The van der Waals surface area contributed by atoms with E-state index in [1.807, 2.05) is 30.3 Å². The minimum atomic E-state index is -1.67. The average Bonchev–Trinajstić information content (AvgIpc) is 0.843. The highest BCUT2D eigenvalue weighted by molar-refractivity contribution is 5.86. The van der Waals surface area contributed by atoms with Crippen molar-refractivity contribution in [3.8, 4) is 0 Å². The molecule has 0 radical (unpaired) electrons. The lowest BCUT2D eigenvalue weighted by molar-refractivity contribution is -0.300. The summed E-state index contributed by atoms with van der Waals surface area (Å²) >= 11 is 0. The number of aliphatic hydroxyl groups is 13. The summed E-state index contributed by atoms with van der Waals surface area (Å²) in [7, 11) is 0. The first-order chi connectivity index (χ1) is 51.1. The maximum absolute atomic E-state index is 14.4. The predicted octanol–water partition coefficient (Wildman–Crippen LogP) is -9.05. The molecule has 0 spiro atoms. The van der Waals surface area contributed by atoms with Gasteiger partial charge in [0.25, 0.3) is 0 Å². The molecule has 0 aliphatic carbocycles. The zero-order valence-electron chi connectivity index (χ0n) is 60.7. The van der Waals surface area contributed by atoms with E-state index in [2.05, 4.69) is 42.5 Å². The Bertz CT molecular complexity index is 2740. The van der Waals surface area contributed by atoms with Gasteiger partial charge in [0, 0.05) is 58.8 Å². The van der Waals surface area contributed by atoms with Gasteiger partial charge in [0.1, 0.15) is 86.0 Å². The van der Waals surface area contributed by atoms with Crippen molar-refractivity contribution >= 4 is 47.4 Å². The average molecular weight is 1540 g/mol. The van der Waals surface area contributed by atoms with E-state index in [1.165, 1.54) is 30.6 Å². The van der Waals surface area contributed by atoms with Crippen molar-refractivity contribution in [1.29, 1.82) is 0 Å². The van der Waals surface area contributed by atoms with Crippen molar-refractivity contribution in [2.75, 3.05) is 118 Å². The molecule has 4 fully saturated rings. The molecule has 107 heavy (non-hydrogen) atoms. The Morgan fingerprint density at radius 3 is 1.18 bits per heavy atom. The molecule has 4 saturated heterocycles. The minimum absolute atomic E-state index is 0.0180. The van der Waals surface area contributed by atoms with Crippen molar-refractivity contribution in [3.05, 3.63) is 35.9 Å². The Balaban J connectivity index is 1.19. The van der Waals surface area contributed by atoms with Gasteiger partial charge in [-0.25, -0.2) is 4.79 Å². The lowest BCUT2D eigenvalue weighted by Crippen LogP contribution is -2.59. The molecule has 0 bridgehead atoms. The zero-order chi connectivity index (χ0) is 78.5. The van der Waals surface area contributed by atoms with Crippen LogP contribution in [0.1, 0.15) is 90.5 Å². The van der Waals surface area contributed by atoms with Crippen molar-refractivity contribution in [3.63, 3.8) is 0 Å². The van der Waals surface area contributed by atoms with Crippen molar-refractivity contribution in [2.24, 2.45) is 0 Å². The van der Waals surface area contributed by atoms with Gasteiger partial charge in [-0.3, -0.25) is 43.4 Å². The first-order valence-electron chi connectivity index (χ1n) is 36.2. The summed E-state index contributed by atoms with van der Waals surface area (Å²) in [6.07, 6.45) is -25.4. The number of nitrogens with one attached hydrogen (secondary N) is 8. The lowest BCUT2D eigenvalue weighted by atomic mass is 9.99. The maximum Gasteiger partial charge on any atom is 0.407 e. The van der Waals surface area contributed by atoms with Gasteiger partial charge in [-0.2, -0.15) is 0 Å². The molecule has 0 unspecified atom stereocenters. The molecule has 21 atom stereocenters. The van der Waals surface area contributed by atoms with E-state index in [9.17, 15) is 105 Å². The molecule has 21 N–H and O–H groups in total. The second-order valence-electron chi connectivity index (χ2n) is 26.5. The number of alkyl carbamates (subject to hydrolysis) is 1. The molecule has 0 aromatic heterocycles. The van der Waals surface area contributed by atoms with Crippen molar-refractivity contribution in [1.82, 2.24) is 52.3 Å². The second kappa shape index (κ2) is 49.2. The number of hydrogen-bond donors (Lipinski definition) is 21. The van der Waals surface area contributed by atoms with Crippen LogP contribution in [0.4, 0.5) is 4.79 Å². The monoisotopic (exact) mass is 1540 g/mol. The Morgan fingerprint density at radius 1 is 0.393 bits per heavy atom. The number of unbranched alkanes of at least 4 members (excludes halogenated alkanes) is 5. The Hall–Kier alpha value is -6.14. The van der Waals surface area contributed by atoms with Crippen LogP contribution in [0.3, 0.4) is 0 Å². The third kappa shape index (κ3) is 32.4. The standard InChI is InChI=1S/C67H114N10O30/c1-38-50(85)54(89)58(93)63(104-38)99-28-24-72-48(83)34-77(35-49(84)73-25-29-100-64-59(94)55(90)51(86)39(2)105-64)42(62(97)74-26-30-101-65-60(95)56(91)52(87)40(3)106-65)17-10-14-21-70-47(82)33-76(32-46(81)69-20-12-6-13-22-75-67(98)103-37-41-15-7-4-8-16-41)31-45(80)68-19-11-5-9-18-44(79)71-23-27-102-66-61(96)57(92)53(88)43(36-78)107-66/h4,7-8,15-16,38-40,42-43,50-61,63-66,78,85-96H,5-6,9-14,17-37H2,1-3H3,(H,68,80)(H,69,81)(H,70,82)(H,71,79)(H,72,83)(H,73,84)(H,74,97)(H,75,98)/t38-,39-,40-,42-,43-,50+,51+,52+,53-,54+,55+,56+,57+,58-,59-,60-,61+,63+,64+,65+,66+/m0/s1. The van der Waals surface area contributed by atoms with Crippen LogP contribution in [0.15, 0.2) is 30.3 Å². The van der Waals surface area contributed by atoms with E-state index in [0.717, 1.165) is 5.56 Å². The summed E-state index contributed by atoms with van der Waals surface area (Å²) < 4.78 is 49.1. The second-order valence-corrected chi connectivity index (χ2v) is 26.5. The Morgan fingerprint density at radius 2 is 0.748 bits per heavy atom. The number of ether oxygens (including phenoxy) is 9. The normalized spacial score (nSPS) is 29.0. The fourth-order valence-corrected chi connectivity index (χ4v) is 11.6. The van der Waals surface area contributed by atoms with E-state index in [-0.39, 0.29) is 117 Å². The number of carbonyl (C=O) groups is 8. The Labute approximate surface area is 619 Å². The zero-order valence-corrected chi connectivity index (χ0v) is 60.7. The van der Waals surface area contributed by atoms with Gasteiger partial charge >= 0.3 is 6.09 Å². The van der Waals surface area contributed by atoms with Crippen LogP contribution in [0.2, 0.25) is 0 Å².